The molecular weight excluding hydrogens is 263 g/mol. The second-order valence-corrected chi connectivity index (χ2v) is 4.19. The Kier molecular flexibility index (Phi) is 5.10. The standard InChI is InChI=1S/C12H10F3NOS/c1-2-9(7-16)8-18-11-5-3-10(4-6-11)17-12(13,14)15/h3-6,8H,2H2,1H3. The van der Waals surface area contributed by atoms with Crippen LogP contribution in [0.15, 0.2) is 40.1 Å². The molecule has 0 fully saturated rings. The minimum absolute atomic E-state index is 0.258. The van der Waals surface area contributed by atoms with Gasteiger partial charge in [0.15, 0.2) is 0 Å². The van der Waals surface area contributed by atoms with E-state index >= 15 is 0 Å². The fourth-order valence-corrected chi connectivity index (χ4v) is 1.84. The van der Waals surface area contributed by atoms with Gasteiger partial charge in [-0.2, -0.15) is 5.26 Å². The molecule has 0 aliphatic carbocycles. The minimum atomic E-state index is -4.68. The third kappa shape index (κ3) is 5.15. The molecule has 0 N–H and O–H groups in total. The molecule has 0 aromatic heterocycles. The van der Waals surface area contributed by atoms with Crippen molar-refractivity contribution in [1.82, 2.24) is 0 Å². The molecule has 0 saturated carbocycles. The van der Waals surface area contributed by atoms with Gasteiger partial charge in [0, 0.05) is 10.5 Å². The van der Waals surface area contributed by atoms with Crippen molar-refractivity contribution in [1.29, 1.82) is 5.26 Å². The third-order valence-electron chi connectivity index (χ3n) is 1.92. The molecule has 0 saturated heterocycles. The van der Waals surface area contributed by atoms with Crippen LogP contribution in [-0.4, -0.2) is 6.36 Å². The van der Waals surface area contributed by atoms with Gasteiger partial charge in [-0.15, -0.1) is 13.2 Å². The van der Waals surface area contributed by atoms with Gasteiger partial charge in [0.2, 0.25) is 0 Å². The molecule has 1 aromatic rings. The predicted octanol–water partition coefficient (Wildman–Crippen LogP) is 4.49. The van der Waals surface area contributed by atoms with Gasteiger partial charge < -0.3 is 4.74 Å². The maximum absolute atomic E-state index is 11.9. The van der Waals surface area contributed by atoms with E-state index in [1.54, 1.807) is 5.41 Å². The SMILES string of the molecule is CCC(C#N)=CSc1ccc(OC(F)(F)F)cc1. The van der Waals surface area contributed by atoms with Crippen LogP contribution in [0.1, 0.15) is 13.3 Å². The Morgan fingerprint density at radius 2 is 2.00 bits per heavy atom. The van der Waals surface area contributed by atoms with Crippen LogP contribution < -0.4 is 4.74 Å². The highest BCUT2D eigenvalue weighted by Crippen LogP contribution is 2.27. The van der Waals surface area contributed by atoms with Crippen LogP contribution in [0.2, 0.25) is 0 Å². The molecule has 0 aliphatic rings. The summed E-state index contributed by atoms with van der Waals surface area (Å²) in [6.45, 7) is 1.86. The summed E-state index contributed by atoms with van der Waals surface area (Å²) in [5, 5.41) is 10.4. The number of nitriles is 1. The molecule has 1 aromatic carbocycles. The average Bonchev–Trinajstić information content (AvgIpc) is 2.30. The second kappa shape index (κ2) is 6.36. The van der Waals surface area contributed by atoms with Crippen LogP contribution >= 0.6 is 11.8 Å². The van der Waals surface area contributed by atoms with Crippen LogP contribution in [0.5, 0.6) is 5.75 Å². The van der Waals surface area contributed by atoms with E-state index in [9.17, 15) is 13.2 Å². The van der Waals surface area contributed by atoms with E-state index in [1.807, 2.05) is 13.0 Å². The molecule has 1 rings (SSSR count). The first-order valence-corrected chi connectivity index (χ1v) is 5.94. The van der Waals surface area contributed by atoms with Crippen molar-refractivity contribution in [3.63, 3.8) is 0 Å². The fraction of sp³-hybridized carbons (Fsp3) is 0.250. The Balaban J connectivity index is 2.67. The van der Waals surface area contributed by atoms with Gasteiger partial charge >= 0.3 is 6.36 Å². The summed E-state index contributed by atoms with van der Waals surface area (Å²) in [4.78, 5) is 0.741. The number of hydrogen-bond donors (Lipinski definition) is 0. The van der Waals surface area contributed by atoms with Crippen LogP contribution in [0, 0.1) is 11.3 Å². The lowest BCUT2D eigenvalue weighted by Crippen LogP contribution is -2.16. The first-order chi connectivity index (χ1) is 8.44. The average molecular weight is 273 g/mol. The van der Waals surface area contributed by atoms with Crippen molar-refractivity contribution in [2.45, 2.75) is 24.6 Å². The number of hydrogen-bond acceptors (Lipinski definition) is 3. The lowest BCUT2D eigenvalue weighted by atomic mass is 10.3. The lowest BCUT2D eigenvalue weighted by Gasteiger charge is -2.08. The molecule has 96 valence electrons. The molecule has 0 unspecified atom stereocenters. The summed E-state index contributed by atoms with van der Waals surface area (Å²) in [5.74, 6) is -0.258. The van der Waals surface area contributed by atoms with E-state index in [-0.39, 0.29) is 5.75 Å². The van der Waals surface area contributed by atoms with Gasteiger partial charge in [-0.3, -0.25) is 0 Å². The van der Waals surface area contributed by atoms with Gasteiger partial charge in [0.1, 0.15) is 5.75 Å². The van der Waals surface area contributed by atoms with E-state index in [2.05, 4.69) is 4.74 Å². The smallest absolute Gasteiger partial charge is 0.406 e. The molecule has 0 radical (unpaired) electrons. The Hall–Kier alpha value is -1.61. The van der Waals surface area contributed by atoms with Crippen molar-refractivity contribution in [3.8, 4) is 11.8 Å². The highest BCUT2D eigenvalue weighted by atomic mass is 32.2. The fourth-order valence-electron chi connectivity index (χ4n) is 1.05. The molecule has 18 heavy (non-hydrogen) atoms. The van der Waals surface area contributed by atoms with Crippen molar-refractivity contribution in [2.24, 2.45) is 0 Å². The number of alkyl halides is 3. The largest absolute Gasteiger partial charge is 0.573 e. The number of halogens is 3. The zero-order chi connectivity index (χ0) is 13.6. The zero-order valence-electron chi connectivity index (χ0n) is 9.49. The molecule has 0 atom stereocenters. The Morgan fingerprint density at radius 1 is 1.39 bits per heavy atom. The lowest BCUT2D eigenvalue weighted by molar-refractivity contribution is -0.274. The van der Waals surface area contributed by atoms with Gasteiger partial charge in [-0.05, 0) is 36.1 Å². The Morgan fingerprint density at radius 3 is 2.44 bits per heavy atom. The van der Waals surface area contributed by atoms with E-state index < -0.39 is 6.36 Å². The number of allylic oxidation sites excluding steroid dienone is 1. The second-order valence-electron chi connectivity index (χ2n) is 3.25. The van der Waals surface area contributed by atoms with Crippen molar-refractivity contribution < 1.29 is 17.9 Å². The first kappa shape index (κ1) is 14.5. The molecule has 0 heterocycles. The number of ether oxygens (including phenoxy) is 1. The maximum atomic E-state index is 11.9. The van der Waals surface area contributed by atoms with E-state index in [0.29, 0.717) is 12.0 Å². The van der Waals surface area contributed by atoms with Gasteiger partial charge in [-0.1, -0.05) is 18.7 Å². The summed E-state index contributed by atoms with van der Waals surface area (Å²) in [7, 11) is 0. The first-order valence-electron chi connectivity index (χ1n) is 5.06. The number of benzene rings is 1. The summed E-state index contributed by atoms with van der Waals surface area (Å²) < 4.78 is 39.5. The Bertz CT molecular complexity index is 460. The van der Waals surface area contributed by atoms with Gasteiger partial charge in [0.25, 0.3) is 0 Å². The molecule has 6 heteroatoms. The summed E-state index contributed by atoms with van der Waals surface area (Å²) >= 11 is 1.28. The molecule has 0 spiro atoms. The minimum Gasteiger partial charge on any atom is -0.406 e. The third-order valence-corrected chi connectivity index (χ3v) is 2.87. The van der Waals surface area contributed by atoms with E-state index in [1.165, 1.54) is 36.0 Å². The van der Waals surface area contributed by atoms with Crippen molar-refractivity contribution in [2.75, 3.05) is 0 Å². The predicted molar refractivity (Wildman–Crippen MR) is 63.0 cm³/mol. The molecular formula is C12H10F3NOS. The monoisotopic (exact) mass is 273 g/mol. The number of nitrogens with zero attached hydrogens (tertiary/aromatic N) is 1. The maximum Gasteiger partial charge on any atom is 0.573 e. The molecule has 2 nitrogen and oxygen atoms in total. The van der Waals surface area contributed by atoms with E-state index in [4.69, 9.17) is 5.26 Å². The summed E-state index contributed by atoms with van der Waals surface area (Å²) in [5.41, 5.74) is 0.621. The highest BCUT2D eigenvalue weighted by molar-refractivity contribution is 8.02. The zero-order valence-corrected chi connectivity index (χ0v) is 10.3. The van der Waals surface area contributed by atoms with Gasteiger partial charge in [-0.25, -0.2) is 0 Å². The molecule has 0 bridgehead atoms. The quantitative estimate of drug-likeness (QED) is 0.598. The van der Waals surface area contributed by atoms with E-state index in [0.717, 1.165) is 4.90 Å². The van der Waals surface area contributed by atoms with Crippen LogP contribution in [0.25, 0.3) is 0 Å². The van der Waals surface area contributed by atoms with Gasteiger partial charge in [0.05, 0.1) is 6.07 Å². The normalized spacial score (nSPS) is 12.1. The Labute approximate surface area is 107 Å². The summed E-state index contributed by atoms with van der Waals surface area (Å²) in [6, 6.07) is 7.52. The van der Waals surface area contributed by atoms with Crippen LogP contribution in [-0.2, 0) is 0 Å². The van der Waals surface area contributed by atoms with Crippen LogP contribution in [0.4, 0.5) is 13.2 Å². The van der Waals surface area contributed by atoms with Crippen LogP contribution in [0.3, 0.4) is 0 Å². The topological polar surface area (TPSA) is 33.0 Å². The molecule has 0 amide bonds. The number of thioether (sulfide) groups is 1. The summed E-state index contributed by atoms with van der Waals surface area (Å²) in [6.07, 6.45) is -4.05. The molecule has 0 aliphatic heterocycles. The number of rotatable bonds is 4. The van der Waals surface area contributed by atoms with Crippen molar-refractivity contribution in [3.05, 3.63) is 35.2 Å². The highest BCUT2D eigenvalue weighted by Gasteiger charge is 2.30. The van der Waals surface area contributed by atoms with Crippen molar-refractivity contribution >= 4 is 11.8 Å².